The van der Waals surface area contributed by atoms with Gasteiger partial charge in [0.05, 0.1) is 5.92 Å². The van der Waals surface area contributed by atoms with Crippen molar-refractivity contribution in [2.75, 3.05) is 39.8 Å². The second-order valence-corrected chi connectivity index (χ2v) is 6.45. The van der Waals surface area contributed by atoms with Crippen LogP contribution in [0, 0.1) is 11.8 Å². The smallest absolute Gasteiger partial charge is 0.342 e. The SMILES string of the molecule is CNCCC1CCN(C(=O)C2CC(=O)N(CC(F)(F)F)C2)CC1.Cl. The lowest BCUT2D eigenvalue weighted by molar-refractivity contribution is -0.157. The van der Waals surface area contributed by atoms with Crippen LogP contribution in [0.15, 0.2) is 0 Å². The molecular formula is C15H25ClF3N3O2. The zero-order valence-corrected chi connectivity index (χ0v) is 14.6. The number of halogens is 4. The summed E-state index contributed by atoms with van der Waals surface area (Å²) in [6.07, 6.45) is -1.62. The minimum atomic E-state index is -4.42. The Kier molecular flexibility index (Phi) is 7.79. The minimum Gasteiger partial charge on any atom is -0.342 e. The molecule has 2 aliphatic rings. The van der Waals surface area contributed by atoms with E-state index < -0.39 is 24.5 Å². The number of amides is 2. The van der Waals surface area contributed by atoms with E-state index >= 15 is 0 Å². The fraction of sp³-hybridized carbons (Fsp3) is 0.867. The summed E-state index contributed by atoms with van der Waals surface area (Å²) >= 11 is 0. The van der Waals surface area contributed by atoms with Crippen molar-refractivity contribution in [2.24, 2.45) is 11.8 Å². The van der Waals surface area contributed by atoms with Crippen LogP contribution in [0.5, 0.6) is 0 Å². The molecule has 2 rings (SSSR count). The zero-order valence-electron chi connectivity index (χ0n) is 13.8. The van der Waals surface area contributed by atoms with E-state index in [-0.39, 0.29) is 31.3 Å². The highest BCUT2D eigenvalue weighted by molar-refractivity contribution is 5.89. The molecule has 2 aliphatic heterocycles. The van der Waals surface area contributed by atoms with Crippen molar-refractivity contribution in [3.63, 3.8) is 0 Å². The summed E-state index contributed by atoms with van der Waals surface area (Å²) in [5, 5.41) is 3.11. The van der Waals surface area contributed by atoms with Crippen LogP contribution in [0.2, 0.25) is 0 Å². The van der Waals surface area contributed by atoms with E-state index in [2.05, 4.69) is 5.32 Å². The number of carbonyl (C=O) groups excluding carboxylic acids is 2. The summed E-state index contributed by atoms with van der Waals surface area (Å²) in [4.78, 5) is 26.6. The second kappa shape index (κ2) is 8.89. The Morgan fingerprint density at radius 1 is 1.29 bits per heavy atom. The molecule has 0 bridgehead atoms. The summed E-state index contributed by atoms with van der Waals surface area (Å²) in [6.45, 7) is 0.842. The minimum absolute atomic E-state index is 0. The Hall–Kier alpha value is -1.02. The maximum absolute atomic E-state index is 12.4. The highest BCUT2D eigenvalue weighted by Gasteiger charge is 2.42. The maximum atomic E-state index is 12.4. The van der Waals surface area contributed by atoms with Crippen molar-refractivity contribution in [2.45, 2.75) is 31.9 Å². The molecule has 0 saturated carbocycles. The lowest BCUT2D eigenvalue weighted by Crippen LogP contribution is -2.43. The van der Waals surface area contributed by atoms with Crippen molar-refractivity contribution in [1.29, 1.82) is 0 Å². The first-order valence-electron chi connectivity index (χ1n) is 8.08. The third-order valence-corrected chi connectivity index (χ3v) is 4.66. The van der Waals surface area contributed by atoms with Crippen LogP contribution in [-0.4, -0.2) is 67.6 Å². The molecule has 1 N–H and O–H groups in total. The summed E-state index contributed by atoms with van der Waals surface area (Å²) < 4.78 is 37.2. The largest absolute Gasteiger partial charge is 0.406 e. The van der Waals surface area contributed by atoms with Crippen molar-refractivity contribution in [1.82, 2.24) is 15.1 Å². The zero-order chi connectivity index (χ0) is 17.0. The van der Waals surface area contributed by atoms with Crippen LogP contribution in [-0.2, 0) is 9.59 Å². The first-order valence-corrected chi connectivity index (χ1v) is 8.08. The van der Waals surface area contributed by atoms with Gasteiger partial charge < -0.3 is 15.1 Å². The number of nitrogens with one attached hydrogen (secondary N) is 1. The van der Waals surface area contributed by atoms with Crippen molar-refractivity contribution >= 4 is 24.2 Å². The molecule has 24 heavy (non-hydrogen) atoms. The highest BCUT2D eigenvalue weighted by Crippen LogP contribution is 2.27. The van der Waals surface area contributed by atoms with Crippen LogP contribution >= 0.6 is 12.4 Å². The number of carbonyl (C=O) groups is 2. The van der Waals surface area contributed by atoms with Gasteiger partial charge in [-0.15, -0.1) is 12.4 Å². The van der Waals surface area contributed by atoms with Crippen molar-refractivity contribution in [3.8, 4) is 0 Å². The number of hydrogen-bond donors (Lipinski definition) is 1. The number of likely N-dealkylation sites (tertiary alicyclic amines) is 2. The molecule has 0 radical (unpaired) electrons. The summed E-state index contributed by atoms with van der Waals surface area (Å²) in [6, 6.07) is 0. The van der Waals surface area contributed by atoms with Gasteiger partial charge in [0.25, 0.3) is 0 Å². The molecule has 0 spiro atoms. The monoisotopic (exact) mass is 371 g/mol. The Bertz CT molecular complexity index is 440. The number of hydrogen-bond acceptors (Lipinski definition) is 3. The Labute approximate surface area is 146 Å². The van der Waals surface area contributed by atoms with Gasteiger partial charge in [-0.05, 0) is 38.8 Å². The van der Waals surface area contributed by atoms with Gasteiger partial charge in [0.2, 0.25) is 11.8 Å². The molecular weight excluding hydrogens is 347 g/mol. The molecule has 1 atom stereocenters. The number of rotatable bonds is 5. The molecule has 0 aromatic rings. The van der Waals surface area contributed by atoms with Gasteiger partial charge in [0.15, 0.2) is 0 Å². The van der Waals surface area contributed by atoms with Gasteiger partial charge in [-0.2, -0.15) is 13.2 Å². The molecule has 2 fully saturated rings. The second-order valence-electron chi connectivity index (χ2n) is 6.45. The van der Waals surface area contributed by atoms with Gasteiger partial charge in [-0.1, -0.05) is 0 Å². The molecule has 9 heteroatoms. The third-order valence-electron chi connectivity index (χ3n) is 4.66. The molecule has 2 heterocycles. The van der Waals surface area contributed by atoms with Gasteiger partial charge in [-0.3, -0.25) is 9.59 Å². The molecule has 5 nitrogen and oxygen atoms in total. The van der Waals surface area contributed by atoms with Crippen LogP contribution in [0.25, 0.3) is 0 Å². The first kappa shape index (κ1) is 21.0. The van der Waals surface area contributed by atoms with E-state index in [1.165, 1.54) is 0 Å². The molecule has 2 amide bonds. The van der Waals surface area contributed by atoms with E-state index in [0.29, 0.717) is 19.0 Å². The number of piperidine rings is 1. The predicted octanol–water partition coefficient (Wildman–Crippen LogP) is 1.67. The molecule has 0 aromatic heterocycles. The lowest BCUT2D eigenvalue weighted by Gasteiger charge is -2.33. The number of alkyl halides is 3. The summed E-state index contributed by atoms with van der Waals surface area (Å²) in [7, 11) is 1.91. The van der Waals surface area contributed by atoms with Crippen LogP contribution in [0.3, 0.4) is 0 Å². The Morgan fingerprint density at radius 2 is 1.92 bits per heavy atom. The van der Waals surface area contributed by atoms with Crippen molar-refractivity contribution in [3.05, 3.63) is 0 Å². The normalized spacial score (nSPS) is 22.7. The van der Waals surface area contributed by atoms with E-state index in [1.54, 1.807) is 4.90 Å². The average molecular weight is 372 g/mol. The first-order chi connectivity index (χ1) is 10.8. The van der Waals surface area contributed by atoms with Gasteiger partial charge >= 0.3 is 6.18 Å². The fourth-order valence-electron chi connectivity index (χ4n) is 3.36. The maximum Gasteiger partial charge on any atom is 0.406 e. The fourth-order valence-corrected chi connectivity index (χ4v) is 3.36. The Balaban J connectivity index is 0.00000288. The third kappa shape index (κ3) is 5.81. The topological polar surface area (TPSA) is 52.7 Å². The average Bonchev–Trinajstić information content (AvgIpc) is 2.84. The van der Waals surface area contributed by atoms with Gasteiger partial charge in [0.1, 0.15) is 6.54 Å². The van der Waals surface area contributed by atoms with E-state index in [4.69, 9.17) is 0 Å². The molecule has 0 aliphatic carbocycles. The summed E-state index contributed by atoms with van der Waals surface area (Å²) in [5.74, 6) is -0.795. The highest BCUT2D eigenvalue weighted by atomic mass is 35.5. The molecule has 140 valence electrons. The van der Waals surface area contributed by atoms with E-state index in [1.807, 2.05) is 7.05 Å². The van der Waals surface area contributed by atoms with E-state index in [9.17, 15) is 22.8 Å². The van der Waals surface area contributed by atoms with Crippen LogP contribution < -0.4 is 5.32 Å². The van der Waals surface area contributed by atoms with E-state index in [0.717, 1.165) is 30.7 Å². The predicted molar refractivity (Wildman–Crippen MR) is 85.8 cm³/mol. The van der Waals surface area contributed by atoms with Crippen molar-refractivity contribution < 1.29 is 22.8 Å². The molecule has 2 saturated heterocycles. The quantitative estimate of drug-likeness (QED) is 0.799. The number of nitrogens with zero attached hydrogens (tertiary/aromatic N) is 2. The summed E-state index contributed by atoms with van der Waals surface area (Å²) in [5.41, 5.74) is 0. The van der Waals surface area contributed by atoms with Crippen LogP contribution in [0.1, 0.15) is 25.7 Å². The molecule has 1 unspecified atom stereocenters. The Morgan fingerprint density at radius 3 is 2.46 bits per heavy atom. The van der Waals surface area contributed by atoms with Gasteiger partial charge in [-0.25, -0.2) is 0 Å². The van der Waals surface area contributed by atoms with Crippen LogP contribution in [0.4, 0.5) is 13.2 Å². The molecule has 0 aromatic carbocycles. The lowest BCUT2D eigenvalue weighted by atomic mass is 9.92. The van der Waals surface area contributed by atoms with Gasteiger partial charge in [0, 0.05) is 26.1 Å². The standard InChI is InChI=1S/C15H24F3N3O2.ClH/c1-19-5-2-11-3-6-20(7-4-11)14(23)12-8-13(22)21(9-12)10-15(16,17)18;/h11-12,19H,2-10H2,1H3;1H.